The summed E-state index contributed by atoms with van der Waals surface area (Å²) in [5, 5.41) is 0. The molecule has 0 aromatic heterocycles. The molecule has 2 aliphatic heterocycles. The Hall–Kier alpha value is -1.16. The van der Waals surface area contributed by atoms with Crippen molar-refractivity contribution >= 4 is 12.0 Å². The van der Waals surface area contributed by atoms with Gasteiger partial charge in [-0.2, -0.15) is 0 Å². The lowest BCUT2D eigenvalue weighted by Gasteiger charge is -2.28. The van der Waals surface area contributed by atoms with Crippen LogP contribution in [-0.2, 0) is 4.79 Å². The van der Waals surface area contributed by atoms with Gasteiger partial charge < -0.3 is 5.43 Å². The van der Waals surface area contributed by atoms with Crippen LogP contribution in [0.1, 0.15) is 12.8 Å². The lowest BCUT2D eigenvalue weighted by molar-refractivity contribution is -0.122. The minimum atomic E-state index is 0.0609. The van der Waals surface area contributed by atoms with Gasteiger partial charge in [0.1, 0.15) is 5.78 Å². The van der Waals surface area contributed by atoms with Crippen molar-refractivity contribution in [3.63, 3.8) is 0 Å². The Morgan fingerprint density at radius 2 is 2.43 bits per heavy atom. The smallest absolute Gasteiger partial charge is 0.143 e. The molecule has 0 amide bonds. The monoisotopic (exact) mass is 191 g/mol. The van der Waals surface area contributed by atoms with Crippen molar-refractivity contribution in [2.24, 2.45) is 16.8 Å². The van der Waals surface area contributed by atoms with Crippen LogP contribution in [0.15, 0.2) is 16.3 Å². The number of hydrogen-bond donors (Lipinski definition) is 2. The van der Waals surface area contributed by atoms with Gasteiger partial charge in [0.05, 0.1) is 5.92 Å². The zero-order valence-corrected chi connectivity index (χ0v) is 7.92. The van der Waals surface area contributed by atoms with Crippen molar-refractivity contribution in [1.82, 2.24) is 10.9 Å². The third kappa shape index (κ3) is 1.04. The molecule has 1 aliphatic carbocycles. The van der Waals surface area contributed by atoms with Gasteiger partial charge in [-0.25, -0.2) is 5.43 Å². The molecule has 14 heavy (non-hydrogen) atoms. The highest BCUT2D eigenvalue weighted by Gasteiger charge is 2.38. The lowest BCUT2D eigenvalue weighted by atomic mass is 9.77. The molecule has 1 saturated heterocycles. The van der Waals surface area contributed by atoms with Gasteiger partial charge in [0.2, 0.25) is 0 Å². The molecular weight excluding hydrogens is 178 g/mol. The van der Waals surface area contributed by atoms with Crippen LogP contribution in [-0.4, -0.2) is 25.1 Å². The van der Waals surface area contributed by atoms with Gasteiger partial charge in [-0.05, 0) is 17.9 Å². The Labute approximate surface area is 82.4 Å². The first-order valence-corrected chi connectivity index (χ1v) is 5.12. The number of allylic oxidation sites excluding steroid dienone is 1. The highest BCUT2D eigenvalue weighted by Crippen LogP contribution is 2.34. The lowest BCUT2D eigenvalue weighted by Crippen LogP contribution is -2.32. The molecule has 2 atom stereocenters. The second kappa shape index (κ2) is 2.92. The van der Waals surface area contributed by atoms with Crippen LogP contribution in [0.4, 0.5) is 0 Å². The number of nitrogens with zero attached hydrogens (tertiary/aromatic N) is 1. The average Bonchev–Trinajstić information content (AvgIpc) is 2.67. The van der Waals surface area contributed by atoms with Crippen molar-refractivity contribution in [2.75, 3.05) is 13.1 Å². The molecule has 0 saturated carbocycles. The molecule has 2 N–H and O–H groups in total. The number of rotatable bonds is 0. The maximum atomic E-state index is 11.8. The predicted octanol–water partition coefficient (Wildman–Crippen LogP) is 0.0280. The van der Waals surface area contributed by atoms with Gasteiger partial charge in [0.15, 0.2) is 0 Å². The van der Waals surface area contributed by atoms with E-state index in [1.165, 1.54) is 5.57 Å². The fourth-order valence-electron chi connectivity index (χ4n) is 2.53. The number of nitrogens with one attached hydrogen (secondary N) is 2. The quantitative estimate of drug-likeness (QED) is 0.568. The topological polar surface area (TPSA) is 53.5 Å². The first-order chi connectivity index (χ1) is 6.86. The van der Waals surface area contributed by atoms with Crippen LogP contribution in [0.25, 0.3) is 0 Å². The summed E-state index contributed by atoms with van der Waals surface area (Å²) in [5.41, 5.74) is 8.48. The number of hydrogen-bond acceptors (Lipinski definition) is 4. The molecular formula is C10H13N3O. The number of aliphatic imine (C=N–C) groups is 1. The van der Waals surface area contributed by atoms with Gasteiger partial charge >= 0.3 is 0 Å². The highest BCUT2D eigenvalue weighted by atomic mass is 16.1. The molecule has 4 heteroatoms. The zero-order valence-electron chi connectivity index (χ0n) is 7.92. The summed E-state index contributed by atoms with van der Waals surface area (Å²) in [4.78, 5) is 16.1. The Morgan fingerprint density at radius 1 is 1.50 bits per heavy atom. The van der Waals surface area contributed by atoms with Crippen LogP contribution in [0, 0.1) is 11.8 Å². The van der Waals surface area contributed by atoms with E-state index >= 15 is 0 Å². The number of carbonyl (C=O) groups is 1. The van der Waals surface area contributed by atoms with Gasteiger partial charge in [-0.3, -0.25) is 9.79 Å². The first kappa shape index (κ1) is 8.17. The fourth-order valence-corrected chi connectivity index (χ4v) is 2.53. The van der Waals surface area contributed by atoms with Crippen molar-refractivity contribution in [3.05, 3.63) is 11.3 Å². The second-order valence-corrected chi connectivity index (χ2v) is 4.12. The fraction of sp³-hybridized carbons (Fsp3) is 0.600. The maximum Gasteiger partial charge on any atom is 0.143 e. The molecule has 3 aliphatic rings. The van der Waals surface area contributed by atoms with Gasteiger partial charge in [-0.15, -0.1) is 0 Å². The van der Waals surface area contributed by atoms with E-state index in [0.717, 1.165) is 25.2 Å². The van der Waals surface area contributed by atoms with Crippen molar-refractivity contribution in [3.8, 4) is 0 Å². The van der Waals surface area contributed by atoms with E-state index in [2.05, 4.69) is 15.8 Å². The van der Waals surface area contributed by atoms with E-state index in [4.69, 9.17) is 0 Å². The van der Waals surface area contributed by atoms with Crippen molar-refractivity contribution in [2.45, 2.75) is 12.8 Å². The Bertz CT molecular complexity index is 345. The van der Waals surface area contributed by atoms with E-state index in [1.807, 2.05) is 6.21 Å². The molecule has 0 bridgehead atoms. The molecule has 2 unspecified atom stereocenters. The third-order valence-corrected chi connectivity index (χ3v) is 3.30. The number of fused-ring (bicyclic) bond motifs is 2. The molecule has 2 heterocycles. The summed E-state index contributed by atoms with van der Waals surface area (Å²) in [6.45, 7) is 1.60. The average molecular weight is 191 g/mol. The SMILES string of the molecule is O=C1CC2CCN=CC2=C2NNCC12. The molecule has 1 fully saturated rings. The van der Waals surface area contributed by atoms with Crippen LogP contribution >= 0.6 is 0 Å². The highest BCUT2D eigenvalue weighted by molar-refractivity contribution is 5.93. The summed E-state index contributed by atoms with van der Waals surface area (Å²) in [6, 6.07) is 0. The van der Waals surface area contributed by atoms with E-state index < -0.39 is 0 Å². The van der Waals surface area contributed by atoms with Gasteiger partial charge in [0.25, 0.3) is 0 Å². The number of carbonyl (C=O) groups excluding carboxylic acids is 1. The molecule has 0 spiro atoms. The largest absolute Gasteiger partial charge is 0.324 e. The summed E-state index contributed by atoms with van der Waals surface area (Å²) >= 11 is 0. The molecule has 0 aromatic carbocycles. The maximum absolute atomic E-state index is 11.8. The Kier molecular flexibility index (Phi) is 1.70. The standard InChI is InChI=1S/C10H13N3O/c14-9-3-6-1-2-11-4-7(6)10-8(9)5-12-13-10/h4,6,8,12-13H,1-3,5H2. The summed E-state index contributed by atoms with van der Waals surface area (Å²) in [5.74, 6) is 0.853. The Balaban J connectivity index is 2.08. The summed E-state index contributed by atoms with van der Waals surface area (Å²) in [7, 11) is 0. The number of ketones is 1. The van der Waals surface area contributed by atoms with E-state index in [1.54, 1.807) is 0 Å². The van der Waals surface area contributed by atoms with Crippen LogP contribution < -0.4 is 10.9 Å². The zero-order chi connectivity index (χ0) is 9.54. The van der Waals surface area contributed by atoms with Gasteiger partial charge in [0, 0.05) is 31.4 Å². The predicted molar refractivity (Wildman–Crippen MR) is 52.7 cm³/mol. The van der Waals surface area contributed by atoms with E-state index in [9.17, 15) is 4.79 Å². The number of hydrazine groups is 1. The van der Waals surface area contributed by atoms with Crippen LogP contribution in [0.2, 0.25) is 0 Å². The minimum Gasteiger partial charge on any atom is -0.324 e. The minimum absolute atomic E-state index is 0.0609. The first-order valence-electron chi connectivity index (χ1n) is 5.12. The molecule has 0 radical (unpaired) electrons. The van der Waals surface area contributed by atoms with Crippen molar-refractivity contribution in [1.29, 1.82) is 0 Å². The summed E-state index contributed by atoms with van der Waals surface area (Å²) < 4.78 is 0. The van der Waals surface area contributed by atoms with E-state index in [0.29, 0.717) is 18.1 Å². The van der Waals surface area contributed by atoms with Crippen LogP contribution in [0.5, 0.6) is 0 Å². The molecule has 3 rings (SSSR count). The normalized spacial score (nSPS) is 35.3. The Morgan fingerprint density at radius 3 is 3.36 bits per heavy atom. The third-order valence-electron chi connectivity index (χ3n) is 3.30. The number of Topliss-reactive ketones (excluding diaryl/α,β-unsaturated/α-hetero) is 1. The van der Waals surface area contributed by atoms with Gasteiger partial charge in [-0.1, -0.05) is 0 Å². The van der Waals surface area contributed by atoms with Crippen LogP contribution in [0.3, 0.4) is 0 Å². The van der Waals surface area contributed by atoms with Crippen molar-refractivity contribution < 1.29 is 4.79 Å². The molecule has 4 nitrogen and oxygen atoms in total. The second-order valence-electron chi connectivity index (χ2n) is 4.12. The van der Waals surface area contributed by atoms with E-state index in [-0.39, 0.29) is 5.92 Å². The summed E-state index contributed by atoms with van der Waals surface area (Å²) in [6.07, 6.45) is 3.68. The molecule has 74 valence electrons. The molecule has 0 aromatic rings.